The zero-order valence-corrected chi connectivity index (χ0v) is 17.4. The standard InChI is InChI=1S/C22H19F5N2O5/c23-21(24,19(31)32)11-28-18(30)9-17(22(25,26)27)29-20(33)34-10-16-14-7-3-1-5-12(14)13-6-2-4-8-15(13)16/h1-8,16-17H,9-11H2,(H,28,30)(H,29,33)(H,31,32). The lowest BCUT2D eigenvalue weighted by molar-refractivity contribution is -0.166. The van der Waals surface area contributed by atoms with E-state index in [-0.39, 0.29) is 6.61 Å². The predicted octanol–water partition coefficient (Wildman–Crippen LogP) is 3.68. The number of alkyl halides is 5. The minimum absolute atomic E-state index is 0.276. The summed E-state index contributed by atoms with van der Waals surface area (Å²) in [5, 5.41) is 11.2. The van der Waals surface area contributed by atoms with Gasteiger partial charge in [0.2, 0.25) is 5.91 Å². The third kappa shape index (κ3) is 5.61. The highest BCUT2D eigenvalue weighted by Crippen LogP contribution is 2.44. The second-order valence-electron chi connectivity index (χ2n) is 7.55. The van der Waals surface area contributed by atoms with Crippen molar-refractivity contribution in [1.29, 1.82) is 0 Å². The number of hydrogen-bond donors (Lipinski definition) is 3. The average molecular weight is 486 g/mol. The van der Waals surface area contributed by atoms with Gasteiger partial charge in [-0.3, -0.25) is 4.79 Å². The first-order valence-corrected chi connectivity index (χ1v) is 9.96. The Labute approximate surface area is 189 Å². The molecule has 0 bridgehead atoms. The average Bonchev–Trinajstić information content (AvgIpc) is 3.09. The Hall–Kier alpha value is -3.70. The molecule has 182 valence electrons. The molecule has 1 aliphatic carbocycles. The number of carbonyl (C=O) groups is 3. The van der Waals surface area contributed by atoms with Gasteiger partial charge in [-0.05, 0) is 22.3 Å². The number of ether oxygens (including phenoxy) is 1. The van der Waals surface area contributed by atoms with Gasteiger partial charge in [0.05, 0.1) is 13.0 Å². The van der Waals surface area contributed by atoms with Gasteiger partial charge in [-0.2, -0.15) is 22.0 Å². The van der Waals surface area contributed by atoms with Gasteiger partial charge in [0.15, 0.2) is 0 Å². The van der Waals surface area contributed by atoms with Crippen LogP contribution in [0, 0.1) is 0 Å². The van der Waals surface area contributed by atoms with Crippen LogP contribution < -0.4 is 10.6 Å². The number of halogens is 5. The number of alkyl carbamates (subject to hydrolysis) is 1. The minimum atomic E-state index is -5.10. The van der Waals surface area contributed by atoms with Crippen molar-refractivity contribution in [3.05, 3.63) is 59.7 Å². The lowest BCUT2D eigenvalue weighted by atomic mass is 9.98. The molecule has 2 aromatic rings. The van der Waals surface area contributed by atoms with Crippen molar-refractivity contribution in [3.8, 4) is 11.1 Å². The second kappa shape index (κ2) is 9.65. The number of hydrogen-bond acceptors (Lipinski definition) is 4. The van der Waals surface area contributed by atoms with Gasteiger partial charge < -0.3 is 20.5 Å². The van der Waals surface area contributed by atoms with Gasteiger partial charge in [-0.1, -0.05) is 48.5 Å². The number of nitrogens with one attached hydrogen (secondary N) is 2. The van der Waals surface area contributed by atoms with E-state index in [2.05, 4.69) is 0 Å². The number of amides is 2. The summed E-state index contributed by atoms with van der Waals surface area (Å²) in [4.78, 5) is 34.1. The van der Waals surface area contributed by atoms with Crippen molar-refractivity contribution in [2.75, 3.05) is 13.2 Å². The van der Waals surface area contributed by atoms with Crippen LogP contribution in [0.1, 0.15) is 23.5 Å². The Balaban J connectivity index is 1.62. The summed E-state index contributed by atoms with van der Waals surface area (Å²) >= 11 is 0. The van der Waals surface area contributed by atoms with Gasteiger partial charge in [-0.15, -0.1) is 0 Å². The molecule has 1 atom stereocenters. The maximum atomic E-state index is 13.3. The zero-order chi connectivity index (χ0) is 25.1. The maximum absolute atomic E-state index is 13.3. The SMILES string of the molecule is O=C(CC(NC(=O)OCC1c2ccccc2-c2ccccc21)C(F)(F)F)NCC(F)(F)C(=O)O. The van der Waals surface area contributed by atoms with Gasteiger partial charge in [0.1, 0.15) is 12.6 Å². The molecule has 0 spiro atoms. The number of carbonyl (C=O) groups excluding carboxylic acids is 2. The third-order valence-electron chi connectivity index (χ3n) is 5.24. The van der Waals surface area contributed by atoms with Crippen LogP contribution in [0.2, 0.25) is 0 Å². The fraction of sp³-hybridized carbons (Fsp3) is 0.318. The monoisotopic (exact) mass is 486 g/mol. The van der Waals surface area contributed by atoms with Crippen LogP contribution in [0.15, 0.2) is 48.5 Å². The number of benzene rings is 2. The van der Waals surface area contributed by atoms with Crippen molar-refractivity contribution in [1.82, 2.24) is 10.6 Å². The summed E-state index contributed by atoms with van der Waals surface area (Å²) in [5.41, 5.74) is 3.50. The van der Waals surface area contributed by atoms with Crippen molar-refractivity contribution >= 4 is 18.0 Å². The molecule has 3 N–H and O–H groups in total. The van der Waals surface area contributed by atoms with E-state index >= 15 is 0 Å². The molecule has 1 aliphatic rings. The molecule has 0 aliphatic heterocycles. The van der Waals surface area contributed by atoms with Crippen molar-refractivity contribution < 1.29 is 46.2 Å². The van der Waals surface area contributed by atoms with Gasteiger partial charge in [0, 0.05) is 5.92 Å². The summed E-state index contributed by atoms with van der Waals surface area (Å²) in [6.45, 7) is -1.97. The van der Waals surface area contributed by atoms with E-state index < -0.39 is 55.0 Å². The first-order valence-electron chi connectivity index (χ1n) is 9.96. The fourth-order valence-electron chi connectivity index (χ4n) is 3.57. The van der Waals surface area contributed by atoms with E-state index in [1.54, 1.807) is 12.1 Å². The first kappa shape index (κ1) is 24.9. The molecule has 0 radical (unpaired) electrons. The van der Waals surface area contributed by atoms with E-state index in [0.29, 0.717) is 0 Å². The highest BCUT2D eigenvalue weighted by molar-refractivity contribution is 5.81. The quantitative estimate of drug-likeness (QED) is 0.494. The molecule has 2 amide bonds. The molecule has 0 aromatic heterocycles. The lowest BCUT2D eigenvalue weighted by Crippen LogP contribution is -2.50. The van der Waals surface area contributed by atoms with Crippen LogP contribution in [0.5, 0.6) is 0 Å². The maximum Gasteiger partial charge on any atom is 0.409 e. The molecule has 12 heteroatoms. The molecule has 34 heavy (non-hydrogen) atoms. The molecule has 1 unspecified atom stereocenters. The smallest absolute Gasteiger partial charge is 0.409 e. The summed E-state index contributed by atoms with van der Waals surface area (Å²) in [7, 11) is 0. The van der Waals surface area contributed by atoms with Crippen molar-refractivity contribution in [3.63, 3.8) is 0 Å². The molecule has 7 nitrogen and oxygen atoms in total. The molecule has 0 heterocycles. The number of rotatable bonds is 8. The van der Waals surface area contributed by atoms with E-state index in [1.807, 2.05) is 36.4 Å². The van der Waals surface area contributed by atoms with Crippen LogP contribution in [-0.4, -0.2) is 54.4 Å². The molecule has 3 rings (SSSR count). The fourth-order valence-corrected chi connectivity index (χ4v) is 3.57. The molecular formula is C22H19F5N2O5. The normalized spacial score (nSPS) is 14.0. The lowest BCUT2D eigenvalue weighted by Gasteiger charge is -2.22. The Bertz CT molecular complexity index is 1040. The zero-order valence-electron chi connectivity index (χ0n) is 17.4. The topological polar surface area (TPSA) is 105 Å². The summed E-state index contributed by atoms with van der Waals surface area (Å²) < 4.78 is 70.9. The van der Waals surface area contributed by atoms with E-state index in [0.717, 1.165) is 22.3 Å². The molecule has 0 saturated carbocycles. The van der Waals surface area contributed by atoms with E-state index in [4.69, 9.17) is 9.84 Å². The van der Waals surface area contributed by atoms with Gasteiger partial charge in [-0.25, -0.2) is 9.59 Å². The van der Waals surface area contributed by atoms with Crippen LogP contribution in [-0.2, 0) is 14.3 Å². The van der Waals surface area contributed by atoms with Crippen LogP contribution >= 0.6 is 0 Å². The van der Waals surface area contributed by atoms with Crippen LogP contribution in [0.3, 0.4) is 0 Å². The second-order valence-corrected chi connectivity index (χ2v) is 7.55. The molecule has 0 fully saturated rings. The Morgan fingerprint density at radius 1 is 0.941 bits per heavy atom. The summed E-state index contributed by atoms with van der Waals surface area (Å²) in [5.74, 6) is -8.84. The van der Waals surface area contributed by atoms with E-state index in [9.17, 15) is 36.3 Å². The Morgan fingerprint density at radius 2 is 1.47 bits per heavy atom. The van der Waals surface area contributed by atoms with Crippen LogP contribution in [0.25, 0.3) is 11.1 Å². The molecular weight excluding hydrogens is 467 g/mol. The number of aliphatic carboxylic acids is 1. The van der Waals surface area contributed by atoms with Gasteiger partial charge >= 0.3 is 24.2 Å². The predicted molar refractivity (Wildman–Crippen MR) is 108 cm³/mol. The molecule has 2 aromatic carbocycles. The number of fused-ring (bicyclic) bond motifs is 3. The van der Waals surface area contributed by atoms with Crippen LogP contribution in [0.4, 0.5) is 26.7 Å². The van der Waals surface area contributed by atoms with Gasteiger partial charge in [0.25, 0.3) is 0 Å². The van der Waals surface area contributed by atoms with Crippen molar-refractivity contribution in [2.45, 2.75) is 30.5 Å². The molecule has 0 saturated heterocycles. The first-order chi connectivity index (χ1) is 15.9. The van der Waals surface area contributed by atoms with Crippen molar-refractivity contribution in [2.24, 2.45) is 0 Å². The minimum Gasteiger partial charge on any atom is -0.477 e. The van der Waals surface area contributed by atoms with E-state index in [1.165, 1.54) is 10.6 Å². The highest BCUT2D eigenvalue weighted by atomic mass is 19.4. The number of carboxylic acid groups (broad SMARTS) is 1. The Morgan fingerprint density at radius 3 is 1.97 bits per heavy atom. The number of carboxylic acids is 1. The largest absolute Gasteiger partial charge is 0.477 e. The Kier molecular flexibility index (Phi) is 7.08. The summed E-state index contributed by atoms with van der Waals surface area (Å²) in [6, 6.07) is 11.9. The third-order valence-corrected chi connectivity index (χ3v) is 5.24. The summed E-state index contributed by atoms with van der Waals surface area (Å²) in [6.07, 6.45) is -7.99. The highest BCUT2D eigenvalue weighted by Gasteiger charge is 2.44.